The van der Waals surface area contributed by atoms with Crippen LogP contribution in [0.15, 0.2) is 28.7 Å². The lowest BCUT2D eigenvalue weighted by Gasteiger charge is -2.30. The Kier molecular flexibility index (Phi) is 5.53. The van der Waals surface area contributed by atoms with Gasteiger partial charge in [-0.05, 0) is 36.0 Å². The fraction of sp³-hybridized carbons (Fsp3) is 0.571. The second-order valence-corrected chi connectivity index (χ2v) is 8.65. The van der Waals surface area contributed by atoms with Gasteiger partial charge in [-0.1, -0.05) is 46.8 Å². The van der Waals surface area contributed by atoms with Crippen LogP contribution < -0.4 is 5.32 Å². The predicted octanol–water partition coefficient (Wildman–Crippen LogP) is 4.90. The number of rotatable bonds is 3. The Morgan fingerprint density at radius 1 is 1.15 bits per heavy atom. The first-order valence-corrected chi connectivity index (χ1v) is 9.74. The van der Waals surface area contributed by atoms with Crippen molar-refractivity contribution < 1.29 is 9.21 Å². The molecule has 1 saturated heterocycles. The van der Waals surface area contributed by atoms with Gasteiger partial charge in [0.15, 0.2) is 0 Å². The lowest BCUT2D eigenvalue weighted by molar-refractivity contribution is 0.189. The number of urea groups is 1. The van der Waals surface area contributed by atoms with Gasteiger partial charge < -0.3 is 14.6 Å². The average Bonchev–Trinajstić information content (AvgIpc) is 3.12. The maximum atomic E-state index is 12.5. The van der Waals surface area contributed by atoms with E-state index in [1.54, 1.807) is 0 Å². The smallest absolute Gasteiger partial charge is 0.321 e. The second-order valence-electron chi connectivity index (χ2n) is 8.65. The highest BCUT2D eigenvalue weighted by Gasteiger charge is 2.27. The third kappa shape index (κ3) is 4.67. The molecule has 0 radical (unpaired) electrons. The SMILES string of the molecule is CC(C)c1nnc(C2CCN(C(=O)Nc3ccc(C(C)(C)C)cc3)CC2)o1. The number of benzene rings is 1. The summed E-state index contributed by atoms with van der Waals surface area (Å²) in [6.07, 6.45) is 1.69. The van der Waals surface area contributed by atoms with Crippen molar-refractivity contribution in [2.75, 3.05) is 18.4 Å². The third-order valence-electron chi connectivity index (χ3n) is 5.08. The molecule has 3 rings (SSSR count). The summed E-state index contributed by atoms with van der Waals surface area (Å²) in [6.45, 7) is 12.0. The Labute approximate surface area is 161 Å². The van der Waals surface area contributed by atoms with E-state index in [1.165, 1.54) is 5.56 Å². The largest absolute Gasteiger partial charge is 0.425 e. The van der Waals surface area contributed by atoms with Crippen molar-refractivity contribution in [1.82, 2.24) is 15.1 Å². The van der Waals surface area contributed by atoms with Gasteiger partial charge in [0.05, 0.1) is 0 Å². The molecule has 0 saturated carbocycles. The molecular weight excluding hydrogens is 340 g/mol. The summed E-state index contributed by atoms with van der Waals surface area (Å²) in [5.74, 6) is 1.86. The zero-order chi connectivity index (χ0) is 19.6. The molecule has 0 atom stereocenters. The van der Waals surface area contributed by atoms with Crippen LogP contribution in [0, 0.1) is 0 Å². The monoisotopic (exact) mass is 370 g/mol. The highest BCUT2D eigenvalue weighted by atomic mass is 16.4. The normalized spacial score (nSPS) is 16.0. The Morgan fingerprint density at radius 3 is 2.30 bits per heavy atom. The van der Waals surface area contributed by atoms with Crippen LogP contribution in [-0.4, -0.2) is 34.2 Å². The summed E-state index contributed by atoms with van der Waals surface area (Å²) in [5, 5.41) is 11.3. The van der Waals surface area contributed by atoms with Gasteiger partial charge in [0, 0.05) is 30.6 Å². The number of anilines is 1. The number of hydrogen-bond donors (Lipinski definition) is 1. The van der Waals surface area contributed by atoms with Gasteiger partial charge in [0.2, 0.25) is 11.8 Å². The summed E-state index contributed by atoms with van der Waals surface area (Å²) < 4.78 is 5.77. The molecule has 1 aliphatic rings. The van der Waals surface area contributed by atoms with Crippen molar-refractivity contribution in [3.8, 4) is 0 Å². The molecule has 6 nitrogen and oxygen atoms in total. The first-order chi connectivity index (χ1) is 12.7. The number of nitrogens with zero attached hydrogens (tertiary/aromatic N) is 3. The Morgan fingerprint density at radius 2 is 1.78 bits per heavy atom. The minimum atomic E-state index is -0.0506. The molecular formula is C21H30N4O2. The van der Waals surface area contributed by atoms with Gasteiger partial charge in [-0.25, -0.2) is 4.79 Å². The Bertz CT molecular complexity index is 766. The highest BCUT2D eigenvalue weighted by molar-refractivity contribution is 5.89. The number of aromatic nitrogens is 2. The molecule has 0 aliphatic carbocycles. The van der Waals surface area contributed by atoms with Crippen LogP contribution >= 0.6 is 0 Å². The van der Waals surface area contributed by atoms with Crippen molar-refractivity contribution in [2.45, 2.75) is 64.7 Å². The number of piperidine rings is 1. The van der Waals surface area contributed by atoms with Crippen molar-refractivity contribution in [2.24, 2.45) is 0 Å². The molecule has 1 aliphatic heterocycles. The minimum Gasteiger partial charge on any atom is -0.425 e. The number of likely N-dealkylation sites (tertiary alicyclic amines) is 1. The van der Waals surface area contributed by atoms with Gasteiger partial charge in [-0.3, -0.25) is 0 Å². The first kappa shape index (κ1) is 19.4. The molecule has 146 valence electrons. The first-order valence-electron chi connectivity index (χ1n) is 9.74. The van der Waals surface area contributed by atoms with Crippen molar-refractivity contribution in [3.63, 3.8) is 0 Å². The van der Waals surface area contributed by atoms with E-state index in [4.69, 9.17) is 4.42 Å². The van der Waals surface area contributed by atoms with E-state index >= 15 is 0 Å². The van der Waals surface area contributed by atoms with Crippen molar-refractivity contribution >= 4 is 11.7 Å². The maximum absolute atomic E-state index is 12.5. The standard InChI is InChI=1S/C21H30N4O2/c1-14(2)18-23-24-19(27-18)15-10-12-25(13-11-15)20(26)22-17-8-6-16(7-9-17)21(3,4)5/h6-9,14-15H,10-13H2,1-5H3,(H,22,26). The number of amides is 2. The molecule has 1 aromatic heterocycles. The van der Waals surface area contributed by atoms with E-state index in [-0.39, 0.29) is 23.3 Å². The van der Waals surface area contributed by atoms with Crippen molar-refractivity contribution in [1.29, 1.82) is 0 Å². The maximum Gasteiger partial charge on any atom is 0.321 e. The van der Waals surface area contributed by atoms with Crippen molar-refractivity contribution in [3.05, 3.63) is 41.6 Å². The lowest BCUT2D eigenvalue weighted by Crippen LogP contribution is -2.40. The molecule has 0 spiro atoms. The zero-order valence-corrected chi connectivity index (χ0v) is 17.0. The topological polar surface area (TPSA) is 71.3 Å². The Balaban J connectivity index is 1.53. The molecule has 1 N–H and O–H groups in total. The average molecular weight is 370 g/mol. The van der Waals surface area contributed by atoms with E-state index in [0.29, 0.717) is 24.9 Å². The van der Waals surface area contributed by atoms with Crippen LogP contribution in [0.3, 0.4) is 0 Å². The quantitative estimate of drug-likeness (QED) is 0.834. The molecule has 27 heavy (non-hydrogen) atoms. The molecule has 2 amide bonds. The van der Waals surface area contributed by atoms with Crippen LogP contribution in [0.1, 0.15) is 76.6 Å². The second kappa shape index (κ2) is 7.71. The summed E-state index contributed by atoms with van der Waals surface area (Å²) in [4.78, 5) is 14.4. The van der Waals surface area contributed by atoms with Gasteiger partial charge >= 0.3 is 6.03 Å². The Hall–Kier alpha value is -2.37. The van der Waals surface area contributed by atoms with Crippen LogP contribution in [0.4, 0.5) is 10.5 Å². The highest BCUT2D eigenvalue weighted by Crippen LogP contribution is 2.29. The fourth-order valence-electron chi connectivity index (χ4n) is 3.23. The van der Waals surface area contributed by atoms with Crippen LogP contribution in [0.2, 0.25) is 0 Å². The third-order valence-corrected chi connectivity index (χ3v) is 5.08. The summed E-state index contributed by atoms with van der Waals surface area (Å²) in [6, 6.07) is 8.03. The summed E-state index contributed by atoms with van der Waals surface area (Å²) in [7, 11) is 0. The predicted molar refractivity (Wildman–Crippen MR) is 106 cm³/mol. The molecule has 0 bridgehead atoms. The van der Waals surface area contributed by atoms with Crippen LogP contribution in [-0.2, 0) is 5.41 Å². The molecule has 1 fully saturated rings. The van der Waals surface area contributed by atoms with E-state index in [9.17, 15) is 4.79 Å². The van der Waals surface area contributed by atoms with Gasteiger partial charge in [-0.2, -0.15) is 0 Å². The molecule has 2 aromatic rings. The van der Waals surface area contributed by atoms with E-state index < -0.39 is 0 Å². The van der Waals surface area contributed by atoms with E-state index in [2.05, 4.69) is 48.4 Å². The lowest BCUT2D eigenvalue weighted by atomic mass is 9.87. The number of carbonyl (C=O) groups excluding carboxylic acids is 1. The molecule has 2 heterocycles. The minimum absolute atomic E-state index is 0.0506. The summed E-state index contributed by atoms with van der Waals surface area (Å²) >= 11 is 0. The van der Waals surface area contributed by atoms with Crippen LogP contribution in [0.5, 0.6) is 0 Å². The van der Waals surface area contributed by atoms with Gasteiger partial charge in [0.25, 0.3) is 0 Å². The number of nitrogens with one attached hydrogen (secondary N) is 1. The number of carbonyl (C=O) groups is 1. The molecule has 6 heteroatoms. The zero-order valence-electron chi connectivity index (χ0n) is 17.0. The van der Waals surface area contributed by atoms with Gasteiger partial charge in [-0.15, -0.1) is 10.2 Å². The summed E-state index contributed by atoms with van der Waals surface area (Å²) in [5.41, 5.74) is 2.18. The molecule has 0 unspecified atom stereocenters. The van der Waals surface area contributed by atoms with Gasteiger partial charge in [0.1, 0.15) is 0 Å². The van der Waals surface area contributed by atoms with E-state index in [1.807, 2.05) is 30.9 Å². The van der Waals surface area contributed by atoms with Crippen LogP contribution in [0.25, 0.3) is 0 Å². The number of hydrogen-bond acceptors (Lipinski definition) is 4. The van der Waals surface area contributed by atoms with E-state index in [0.717, 1.165) is 18.5 Å². The fourth-order valence-corrected chi connectivity index (χ4v) is 3.23. The molecule has 1 aromatic carbocycles.